The van der Waals surface area contributed by atoms with Gasteiger partial charge in [0.1, 0.15) is 0 Å². The van der Waals surface area contributed by atoms with Crippen molar-refractivity contribution in [3.8, 4) is 72.4 Å². The maximum Gasteiger partial charge on any atom is 0.252 e. The second kappa shape index (κ2) is 19.3. The van der Waals surface area contributed by atoms with E-state index in [1.54, 1.807) is 0 Å². The average Bonchev–Trinajstić information content (AvgIpc) is 1.63. The molecular weight excluding hydrogens is 1070 g/mol. The molecule has 1 spiro atoms. The summed E-state index contributed by atoms with van der Waals surface area (Å²) in [5, 5.41) is 2.45. The first-order valence-electron chi connectivity index (χ1n) is 31.0. The summed E-state index contributed by atoms with van der Waals surface area (Å²) in [6.45, 7) is -0.181. The zero-order valence-electron chi connectivity index (χ0n) is 48.6. The Morgan fingerprint density at radius 2 is 0.640 bits per heavy atom. The number of nitrogens with zero attached hydrogens (tertiary/aromatic N) is 3. The van der Waals surface area contributed by atoms with E-state index in [4.69, 9.17) is 0 Å². The van der Waals surface area contributed by atoms with Crippen molar-refractivity contribution in [3.05, 3.63) is 350 Å². The van der Waals surface area contributed by atoms with Gasteiger partial charge in [0, 0.05) is 44.8 Å². The lowest BCUT2D eigenvalue weighted by Gasteiger charge is -2.45. The van der Waals surface area contributed by atoms with Gasteiger partial charge in [-0.2, -0.15) is 0 Å². The fourth-order valence-corrected chi connectivity index (χ4v) is 16.1. The predicted molar refractivity (Wildman–Crippen MR) is 373 cm³/mol. The Balaban J connectivity index is 0.974. The van der Waals surface area contributed by atoms with E-state index in [1.807, 2.05) is 0 Å². The molecule has 0 N–H and O–H groups in total. The lowest BCUT2D eigenvalue weighted by molar-refractivity contribution is 0.794. The predicted octanol–water partition coefficient (Wildman–Crippen LogP) is 19.9. The van der Waals surface area contributed by atoms with E-state index in [0.29, 0.717) is 0 Å². The fourth-order valence-electron chi connectivity index (χ4n) is 16.1. The van der Waals surface area contributed by atoms with Gasteiger partial charge in [-0.1, -0.05) is 267 Å². The van der Waals surface area contributed by atoms with Gasteiger partial charge in [0.25, 0.3) is 6.71 Å². The SMILES string of the molecule is c1ccc(-c2ccc(N3c4ccc(-c5ccccc5)cc4B4c5cc(-c6ccccc6)ccc5N(c5cc6c(cc5-c5ccccc5)-c5ccccc5C65c6ccccc6-c6ccccc65)c5cc(-n6c7ccccc7c7ccccc76)cc3c54)cc2)cc1. The summed E-state index contributed by atoms with van der Waals surface area (Å²) in [5.41, 5.74) is 33.2. The molecule has 3 nitrogen and oxygen atoms in total. The van der Waals surface area contributed by atoms with Crippen LogP contribution in [0.3, 0.4) is 0 Å². The first-order valence-corrected chi connectivity index (χ1v) is 31.0. The Kier molecular flexibility index (Phi) is 10.8. The monoisotopic (exact) mass is 1130 g/mol. The van der Waals surface area contributed by atoms with Crippen molar-refractivity contribution in [2.75, 3.05) is 9.80 Å². The highest BCUT2D eigenvalue weighted by molar-refractivity contribution is 7.00. The van der Waals surface area contributed by atoms with Crippen molar-refractivity contribution in [3.63, 3.8) is 0 Å². The Labute approximate surface area is 518 Å². The smallest absolute Gasteiger partial charge is 0.252 e. The molecule has 14 aromatic carbocycles. The molecule has 0 saturated carbocycles. The number of aromatic nitrogens is 1. The van der Waals surface area contributed by atoms with E-state index in [0.717, 1.165) is 56.4 Å². The van der Waals surface area contributed by atoms with Crippen molar-refractivity contribution >= 4 is 79.0 Å². The minimum absolute atomic E-state index is 0.181. The summed E-state index contributed by atoms with van der Waals surface area (Å²) < 4.78 is 2.52. The van der Waals surface area contributed by atoms with Crippen LogP contribution in [0.4, 0.5) is 34.1 Å². The summed E-state index contributed by atoms with van der Waals surface area (Å²) in [6, 6.07) is 123. The second-order valence-corrected chi connectivity index (χ2v) is 24.2. The molecule has 0 unspecified atom stereocenters. The first kappa shape index (κ1) is 49.8. The van der Waals surface area contributed by atoms with Crippen LogP contribution in [-0.4, -0.2) is 11.3 Å². The molecule has 4 aliphatic rings. The van der Waals surface area contributed by atoms with Crippen LogP contribution in [-0.2, 0) is 5.41 Å². The van der Waals surface area contributed by atoms with Gasteiger partial charge in [0.15, 0.2) is 0 Å². The van der Waals surface area contributed by atoms with E-state index in [9.17, 15) is 0 Å². The van der Waals surface area contributed by atoms with Crippen molar-refractivity contribution in [1.29, 1.82) is 0 Å². The van der Waals surface area contributed by atoms with Crippen molar-refractivity contribution < 1.29 is 0 Å². The number of rotatable bonds is 7. The van der Waals surface area contributed by atoms with Crippen molar-refractivity contribution in [2.45, 2.75) is 5.41 Å². The minimum atomic E-state index is -0.582. The molecule has 0 bridgehead atoms. The molecule has 1 aromatic heterocycles. The van der Waals surface area contributed by atoms with Crippen LogP contribution >= 0.6 is 0 Å². The molecule has 2 aliphatic heterocycles. The second-order valence-electron chi connectivity index (χ2n) is 24.2. The third-order valence-electron chi connectivity index (χ3n) is 19.8. The number of hydrogen-bond donors (Lipinski definition) is 0. The number of para-hydroxylation sites is 2. The highest BCUT2D eigenvalue weighted by atomic mass is 15.2. The van der Waals surface area contributed by atoms with Gasteiger partial charge >= 0.3 is 0 Å². The van der Waals surface area contributed by atoms with E-state index >= 15 is 0 Å². The van der Waals surface area contributed by atoms with Crippen molar-refractivity contribution in [2.24, 2.45) is 0 Å². The number of anilines is 6. The average molecular weight is 1130 g/mol. The maximum absolute atomic E-state index is 2.69. The van der Waals surface area contributed by atoms with Crippen LogP contribution in [0.5, 0.6) is 0 Å². The summed E-state index contributed by atoms with van der Waals surface area (Å²) in [7, 11) is 0. The van der Waals surface area contributed by atoms with Crippen LogP contribution in [0, 0.1) is 0 Å². The lowest BCUT2D eigenvalue weighted by Crippen LogP contribution is -2.61. The van der Waals surface area contributed by atoms with Gasteiger partial charge in [-0.05, 0) is 161 Å². The highest BCUT2D eigenvalue weighted by Gasteiger charge is 2.53. The first-order chi connectivity index (χ1) is 44.2. The summed E-state index contributed by atoms with van der Waals surface area (Å²) in [5.74, 6) is 0. The van der Waals surface area contributed by atoms with Crippen LogP contribution in [0.2, 0.25) is 0 Å². The van der Waals surface area contributed by atoms with Crippen molar-refractivity contribution in [1.82, 2.24) is 4.57 Å². The van der Waals surface area contributed by atoms with Gasteiger partial charge in [-0.25, -0.2) is 0 Å². The Bertz CT molecular complexity index is 5280. The molecule has 15 aromatic rings. The van der Waals surface area contributed by atoms with E-state index in [1.165, 1.54) is 111 Å². The molecule has 0 saturated heterocycles. The topological polar surface area (TPSA) is 11.4 Å². The maximum atomic E-state index is 2.69. The van der Waals surface area contributed by atoms with Crippen LogP contribution in [0.1, 0.15) is 22.3 Å². The molecule has 0 atom stereocenters. The van der Waals surface area contributed by atoms with Crippen LogP contribution < -0.4 is 26.2 Å². The van der Waals surface area contributed by atoms with Gasteiger partial charge in [0.05, 0.1) is 27.8 Å². The van der Waals surface area contributed by atoms with Gasteiger partial charge in [0.2, 0.25) is 0 Å². The van der Waals surface area contributed by atoms with Gasteiger partial charge < -0.3 is 14.4 Å². The van der Waals surface area contributed by atoms with Crippen LogP contribution in [0.15, 0.2) is 328 Å². The molecule has 19 rings (SSSR count). The quantitative estimate of drug-likeness (QED) is 0.147. The normalized spacial score (nSPS) is 13.4. The summed E-state index contributed by atoms with van der Waals surface area (Å²) in [4.78, 5) is 5.26. The lowest BCUT2D eigenvalue weighted by atomic mass is 9.33. The molecule has 0 radical (unpaired) electrons. The Hall–Kier alpha value is -11.5. The molecule has 412 valence electrons. The molecule has 0 amide bonds. The van der Waals surface area contributed by atoms with E-state index < -0.39 is 5.41 Å². The van der Waals surface area contributed by atoms with E-state index in [-0.39, 0.29) is 6.71 Å². The zero-order chi connectivity index (χ0) is 58.3. The summed E-state index contributed by atoms with van der Waals surface area (Å²) in [6.07, 6.45) is 0. The highest BCUT2D eigenvalue weighted by Crippen LogP contribution is 2.64. The standard InChI is InChI=1S/C85H54BN3/c1-5-23-55(24-6-1)58-41-45-62(46-42-58)87-79-47-43-60(56-25-7-2-8-26-56)49-75(79)86-76-50-61(57-27-9-3-10-28-57)44-48-80(76)89(83-52-63(51-82(87)84(83)86)88-77-39-21-16-34-67(77)68-35-17-22-40-78(68)88)81-54-74-70(53-69(81)59-29-11-4-12-30-59)66-33-15-20-38-73(66)85(74)71-36-18-13-31-64(71)65-32-14-19-37-72(65)85/h1-54H. The number of fused-ring (bicyclic) bond motifs is 17. The molecule has 4 heteroatoms. The Morgan fingerprint density at radius 3 is 1.17 bits per heavy atom. The van der Waals surface area contributed by atoms with Gasteiger partial charge in [-0.3, -0.25) is 0 Å². The molecule has 2 aliphatic carbocycles. The molecule has 0 fully saturated rings. The third kappa shape index (κ3) is 7.17. The Morgan fingerprint density at radius 1 is 0.236 bits per heavy atom. The molecule has 89 heavy (non-hydrogen) atoms. The fraction of sp³-hybridized carbons (Fsp3) is 0.0118. The largest absolute Gasteiger partial charge is 0.311 e. The number of hydrogen-bond acceptors (Lipinski definition) is 2. The number of benzene rings is 14. The zero-order valence-corrected chi connectivity index (χ0v) is 48.6. The van der Waals surface area contributed by atoms with Gasteiger partial charge in [-0.15, -0.1) is 0 Å². The van der Waals surface area contributed by atoms with E-state index in [2.05, 4.69) is 342 Å². The minimum Gasteiger partial charge on any atom is -0.311 e. The van der Waals surface area contributed by atoms with Crippen LogP contribution in [0.25, 0.3) is 94.3 Å². The molecule has 3 heterocycles. The third-order valence-corrected chi connectivity index (χ3v) is 19.8. The summed E-state index contributed by atoms with van der Waals surface area (Å²) >= 11 is 0. The molecular formula is C85H54BN3.